The van der Waals surface area contributed by atoms with E-state index in [1.54, 1.807) is 0 Å². The van der Waals surface area contributed by atoms with Gasteiger partial charge in [0.25, 0.3) is 0 Å². The van der Waals surface area contributed by atoms with Gasteiger partial charge in [0.2, 0.25) is 0 Å². The number of nitrogens with one attached hydrogen (secondary N) is 1. The first-order chi connectivity index (χ1) is 8.05. The van der Waals surface area contributed by atoms with Gasteiger partial charge in [0.05, 0.1) is 0 Å². The maximum absolute atomic E-state index is 3.50. The lowest BCUT2D eigenvalue weighted by atomic mass is 9.90. The Morgan fingerprint density at radius 2 is 2.00 bits per heavy atom. The van der Waals surface area contributed by atoms with Crippen LogP contribution in [-0.4, -0.2) is 7.05 Å². The lowest BCUT2D eigenvalue weighted by molar-refractivity contribution is 0.390. The first kappa shape index (κ1) is 12.6. The Kier molecular flexibility index (Phi) is 3.58. The van der Waals surface area contributed by atoms with Gasteiger partial charge in [0, 0.05) is 6.04 Å². The Labute approximate surface area is 106 Å². The largest absolute Gasteiger partial charge is 0.313 e. The monoisotopic (exact) mass is 231 g/mol. The fourth-order valence-electron chi connectivity index (χ4n) is 2.77. The van der Waals surface area contributed by atoms with Gasteiger partial charge in [-0.3, -0.25) is 0 Å². The summed E-state index contributed by atoms with van der Waals surface area (Å²) in [6, 6.07) is 9.66. The average Bonchev–Trinajstić information content (AvgIpc) is 2.97. The Morgan fingerprint density at radius 1 is 1.29 bits per heavy atom. The molecule has 0 radical (unpaired) electrons. The number of rotatable bonds is 5. The van der Waals surface area contributed by atoms with Gasteiger partial charge in [-0.25, -0.2) is 0 Å². The molecule has 1 N–H and O–H groups in total. The minimum absolute atomic E-state index is 0.491. The molecule has 0 bridgehead atoms. The quantitative estimate of drug-likeness (QED) is 0.809. The first-order valence-corrected chi connectivity index (χ1v) is 6.81. The molecule has 1 aliphatic carbocycles. The maximum atomic E-state index is 3.50. The third-order valence-electron chi connectivity index (χ3n) is 3.95. The molecular formula is C16H25N. The van der Waals surface area contributed by atoms with Crippen molar-refractivity contribution in [3.05, 3.63) is 35.4 Å². The summed E-state index contributed by atoms with van der Waals surface area (Å²) in [6.45, 7) is 6.96. The summed E-state index contributed by atoms with van der Waals surface area (Å²) in [5.41, 5.74) is 3.43. The molecule has 1 aromatic carbocycles. The van der Waals surface area contributed by atoms with E-state index in [0.29, 0.717) is 11.5 Å². The minimum atomic E-state index is 0.491. The zero-order valence-electron chi connectivity index (χ0n) is 11.6. The molecule has 0 saturated heterocycles. The van der Waals surface area contributed by atoms with Gasteiger partial charge in [-0.05, 0) is 48.8 Å². The van der Waals surface area contributed by atoms with Crippen molar-refractivity contribution in [2.45, 2.75) is 46.1 Å². The van der Waals surface area contributed by atoms with Crippen molar-refractivity contribution in [1.29, 1.82) is 0 Å². The predicted molar refractivity (Wildman–Crippen MR) is 74.1 cm³/mol. The Balaban J connectivity index is 2.19. The minimum Gasteiger partial charge on any atom is -0.313 e. The van der Waals surface area contributed by atoms with Gasteiger partial charge in [0.15, 0.2) is 0 Å². The van der Waals surface area contributed by atoms with Crippen LogP contribution < -0.4 is 5.32 Å². The highest BCUT2D eigenvalue weighted by molar-refractivity contribution is 5.29. The third kappa shape index (κ3) is 2.90. The smallest absolute Gasteiger partial charge is 0.0372 e. The van der Waals surface area contributed by atoms with Crippen molar-refractivity contribution in [3.8, 4) is 0 Å². The Morgan fingerprint density at radius 3 is 2.53 bits per heavy atom. The number of benzene rings is 1. The van der Waals surface area contributed by atoms with E-state index < -0.39 is 0 Å². The molecule has 0 aliphatic heterocycles. The van der Waals surface area contributed by atoms with Gasteiger partial charge in [-0.2, -0.15) is 0 Å². The van der Waals surface area contributed by atoms with Crippen LogP contribution in [0.3, 0.4) is 0 Å². The normalized spacial score (nSPS) is 19.4. The van der Waals surface area contributed by atoms with Crippen molar-refractivity contribution in [3.63, 3.8) is 0 Å². The van der Waals surface area contributed by atoms with Crippen molar-refractivity contribution in [2.75, 3.05) is 7.05 Å². The van der Waals surface area contributed by atoms with Crippen molar-refractivity contribution < 1.29 is 0 Å². The van der Waals surface area contributed by atoms with E-state index in [0.717, 1.165) is 5.92 Å². The van der Waals surface area contributed by atoms with Crippen LogP contribution >= 0.6 is 0 Å². The molecule has 1 nitrogen and oxygen atoms in total. The van der Waals surface area contributed by atoms with E-state index >= 15 is 0 Å². The fraction of sp³-hybridized carbons (Fsp3) is 0.625. The molecule has 94 valence electrons. The first-order valence-electron chi connectivity index (χ1n) is 6.81. The lowest BCUT2D eigenvalue weighted by Gasteiger charge is -2.24. The number of hydrogen-bond acceptors (Lipinski definition) is 1. The predicted octanol–water partition coefficient (Wildman–Crippen LogP) is 3.95. The van der Waals surface area contributed by atoms with Gasteiger partial charge in [0.1, 0.15) is 0 Å². The molecule has 1 aliphatic rings. The third-order valence-corrected chi connectivity index (χ3v) is 3.95. The zero-order chi connectivity index (χ0) is 12.5. The summed E-state index contributed by atoms with van der Waals surface area (Å²) in [4.78, 5) is 0. The average molecular weight is 231 g/mol. The summed E-state index contributed by atoms with van der Waals surface area (Å²) in [7, 11) is 2.09. The molecule has 0 spiro atoms. The molecule has 17 heavy (non-hydrogen) atoms. The van der Waals surface area contributed by atoms with Crippen LogP contribution in [0.4, 0.5) is 0 Å². The summed E-state index contributed by atoms with van der Waals surface area (Å²) in [6.07, 6.45) is 3.89. The van der Waals surface area contributed by atoms with Crippen molar-refractivity contribution in [2.24, 2.45) is 11.3 Å². The van der Waals surface area contributed by atoms with Crippen LogP contribution in [0.15, 0.2) is 24.3 Å². The van der Waals surface area contributed by atoms with Crippen LogP contribution in [-0.2, 0) is 6.42 Å². The topological polar surface area (TPSA) is 12.0 Å². The highest BCUT2D eigenvalue weighted by Crippen LogP contribution is 2.54. The van der Waals surface area contributed by atoms with E-state index in [1.807, 2.05) is 0 Å². The molecule has 1 aromatic rings. The van der Waals surface area contributed by atoms with Crippen molar-refractivity contribution >= 4 is 0 Å². The lowest BCUT2D eigenvalue weighted by Crippen LogP contribution is -2.24. The second-order valence-corrected chi connectivity index (χ2v) is 6.22. The van der Waals surface area contributed by atoms with E-state index in [4.69, 9.17) is 0 Å². The molecular weight excluding hydrogens is 206 g/mol. The fourth-order valence-corrected chi connectivity index (χ4v) is 2.77. The maximum Gasteiger partial charge on any atom is 0.0372 e. The van der Waals surface area contributed by atoms with Crippen LogP contribution in [0.1, 0.15) is 50.8 Å². The SMILES string of the molecule is CNC(c1cccc(CC(C)C)c1)C1(C)CC1. The molecule has 1 saturated carbocycles. The second-order valence-electron chi connectivity index (χ2n) is 6.22. The molecule has 1 fully saturated rings. The van der Waals surface area contributed by atoms with E-state index in [2.05, 4.69) is 57.4 Å². The van der Waals surface area contributed by atoms with E-state index in [-0.39, 0.29) is 0 Å². The molecule has 0 amide bonds. The van der Waals surface area contributed by atoms with Gasteiger partial charge in [-0.1, -0.05) is 45.0 Å². The van der Waals surface area contributed by atoms with Crippen LogP contribution in [0.25, 0.3) is 0 Å². The zero-order valence-corrected chi connectivity index (χ0v) is 11.6. The highest BCUT2D eigenvalue weighted by atomic mass is 14.9. The molecule has 2 rings (SSSR count). The molecule has 0 heterocycles. The number of hydrogen-bond donors (Lipinski definition) is 1. The standard InChI is InChI=1S/C16H25N/c1-12(2)10-13-6-5-7-14(11-13)15(17-4)16(3)8-9-16/h5-7,11-12,15,17H,8-10H2,1-4H3. The summed E-state index contributed by atoms with van der Waals surface area (Å²) < 4.78 is 0. The molecule has 1 atom stereocenters. The van der Waals surface area contributed by atoms with Crippen LogP contribution in [0.2, 0.25) is 0 Å². The van der Waals surface area contributed by atoms with Gasteiger partial charge in [-0.15, -0.1) is 0 Å². The van der Waals surface area contributed by atoms with E-state index in [1.165, 1.54) is 30.4 Å². The second kappa shape index (κ2) is 4.81. The van der Waals surface area contributed by atoms with Crippen molar-refractivity contribution in [1.82, 2.24) is 5.32 Å². The highest BCUT2D eigenvalue weighted by Gasteiger charge is 2.44. The molecule has 1 unspecified atom stereocenters. The summed E-state index contributed by atoms with van der Waals surface area (Å²) in [5.74, 6) is 0.731. The summed E-state index contributed by atoms with van der Waals surface area (Å²) >= 11 is 0. The Hall–Kier alpha value is -0.820. The van der Waals surface area contributed by atoms with E-state index in [9.17, 15) is 0 Å². The van der Waals surface area contributed by atoms with Gasteiger partial charge >= 0.3 is 0 Å². The summed E-state index contributed by atoms with van der Waals surface area (Å²) in [5, 5.41) is 3.50. The molecule has 1 heteroatoms. The Bertz CT molecular complexity index is 377. The van der Waals surface area contributed by atoms with Gasteiger partial charge < -0.3 is 5.32 Å². The molecule has 0 aromatic heterocycles. The van der Waals surface area contributed by atoms with Crippen LogP contribution in [0, 0.1) is 11.3 Å². The van der Waals surface area contributed by atoms with Crippen LogP contribution in [0.5, 0.6) is 0 Å².